The lowest BCUT2D eigenvalue weighted by atomic mass is 10.1. The first-order valence-corrected chi connectivity index (χ1v) is 12.1. The van der Waals surface area contributed by atoms with Crippen LogP contribution in [0.4, 0.5) is 23.3 Å². The summed E-state index contributed by atoms with van der Waals surface area (Å²) in [6.07, 6.45) is 1.46. The molecular weight excluding hydrogens is 472 g/mol. The SMILES string of the molecule is COc1cc(Nc2ncnc(Nc3cccc4ccccc34)n2)cc(OCCN2CCOCC2)c1OC. The molecule has 1 aliphatic rings. The van der Waals surface area contributed by atoms with Crippen molar-refractivity contribution in [1.29, 1.82) is 0 Å². The van der Waals surface area contributed by atoms with Crippen molar-refractivity contribution in [2.45, 2.75) is 0 Å². The Labute approximate surface area is 215 Å². The molecule has 0 amide bonds. The lowest BCUT2D eigenvalue weighted by Crippen LogP contribution is -2.38. The molecule has 0 aliphatic carbocycles. The molecule has 10 heteroatoms. The number of nitrogens with one attached hydrogen (secondary N) is 2. The fourth-order valence-corrected chi connectivity index (χ4v) is 4.22. The van der Waals surface area contributed by atoms with Crippen molar-refractivity contribution in [3.8, 4) is 17.2 Å². The molecule has 1 fully saturated rings. The highest BCUT2D eigenvalue weighted by Gasteiger charge is 2.16. The molecule has 2 heterocycles. The number of aromatic nitrogens is 3. The molecule has 192 valence electrons. The molecule has 0 atom stereocenters. The van der Waals surface area contributed by atoms with Crippen LogP contribution >= 0.6 is 0 Å². The van der Waals surface area contributed by atoms with Crippen LogP contribution in [0.1, 0.15) is 0 Å². The Hall–Kier alpha value is -4.15. The Morgan fingerprint density at radius 3 is 2.46 bits per heavy atom. The van der Waals surface area contributed by atoms with E-state index in [0.29, 0.717) is 41.4 Å². The molecule has 1 saturated heterocycles. The highest BCUT2D eigenvalue weighted by molar-refractivity contribution is 5.94. The molecule has 5 rings (SSSR count). The molecule has 37 heavy (non-hydrogen) atoms. The first-order valence-electron chi connectivity index (χ1n) is 12.1. The number of ether oxygens (including phenoxy) is 4. The Morgan fingerprint density at radius 1 is 0.892 bits per heavy atom. The molecule has 0 unspecified atom stereocenters. The Balaban J connectivity index is 1.33. The second kappa shape index (κ2) is 11.7. The van der Waals surface area contributed by atoms with E-state index in [4.69, 9.17) is 18.9 Å². The van der Waals surface area contributed by atoms with Crippen molar-refractivity contribution < 1.29 is 18.9 Å². The van der Waals surface area contributed by atoms with Crippen molar-refractivity contribution in [1.82, 2.24) is 19.9 Å². The van der Waals surface area contributed by atoms with Crippen LogP contribution in [0.25, 0.3) is 10.8 Å². The third kappa shape index (κ3) is 5.99. The lowest BCUT2D eigenvalue weighted by molar-refractivity contribution is 0.0321. The lowest BCUT2D eigenvalue weighted by Gasteiger charge is -2.26. The van der Waals surface area contributed by atoms with E-state index >= 15 is 0 Å². The Morgan fingerprint density at radius 2 is 1.65 bits per heavy atom. The van der Waals surface area contributed by atoms with E-state index < -0.39 is 0 Å². The Bertz CT molecular complexity index is 1340. The summed E-state index contributed by atoms with van der Waals surface area (Å²) in [5, 5.41) is 8.74. The van der Waals surface area contributed by atoms with Crippen molar-refractivity contribution in [3.05, 3.63) is 60.9 Å². The average Bonchev–Trinajstić information content (AvgIpc) is 2.94. The molecular formula is C27H30N6O4. The van der Waals surface area contributed by atoms with Crippen LogP contribution in [0.15, 0.2) is 60.9 Å². The van der Waals surface area contributed by atoms with Crippen LogP contribution < -0.4 is 24.8 Å². The molecule has 2 N–H and O–H groups in total. The van der Waals surface area contributed by atoms with E-state index in [2.05, 4.69) is 48.7 Å². The molecule has 4 aromatic rings. The standard InChI is InChI=1S/C27H30N6O4/c1-34-23-16-20(17-24(25(23)35-2)37-15-12-33-10-13-36-14-11-33)30-26-28-18-29-27(32-26)31-22-9-5-7-19-6-3-4-8-21(19)22/h3-9,16-18H,10-15H2,1-2H3,(H2,28,29,30,31,32). The van der Waals surface area contributed by atoms with Gasteiger partial charge >= 0.3 is 0 Å². The summed E-state index contributed by atoms with van der Waals surface area (Å²) in [5.74, 6) is 2.45. The summed E-state index contributed by atoms with van der Waals surface area (Å²) in [7, 11) is 3.19. The normalized spacial score (nSPS) is 13.8. The van der Waals surface area contributed by atoms with Crippen LogP contribution in [0.3, 0.4) is 0 Å². The number of methoxy groups -OCH3 is 2. The van der Waals surface area contributed by atoms with Crippen LogP contribution in [0, 0.1) is 0 Å². The highest BCUT2D eigenvalue weighted by Crippen LogP contribution is 2.40. The topological polar surface area (TPSA) is 103 Å². The summed E-state index contributed by atoms with van der Waals surface area (Å²) in [6, 6.07) is 17.9. The van der Waals surface area contributed by atoms with Gasteiger partial charge in [0.15, 0.2) is 11.5 Å². The van der Waals surface area contributed by atoms with Gasteiger partial charge in [-0.3, -0.25) is 4.90 Å². The zero-order valence-electron chi connectivity index (χ0n) is 20.9. The first kappa shape index (κ1) is 24.5. The largest absolute Gasteiger partial charge is 0.493 e. The van der Waals surface area contributed by atoms with Gasteiger partial charge in [-0.25, -0.2) is 9.97 Å². The second-order valence-electron chi connectivity index (χ2n) is 8.42. The van der Waals surface area contributed by atoms with E-state index in [-0.39, 0.29) is 0 Å². The minimum absolute atomic E-state index is 0.379. The van der Waals surface area contributed by atoms with Gasteiger partial charge < -0.3 is 29.6 Å². The van der Waals surface area contributed by atoms with Gasteiger partial charge in [0.2, 0.25) is 17.6 Å². The minimum Gasteiger partial charge on any atom is -0.493 e. The average molecular weight is 503 g/mol. The molecule has 0 bridgehead atoms. The van der Waals surface area contributed by atoms with Crippen molar-refractivity contribution in [3.63, 3.8) is 0 Å². The number of rotatable bonds is 10. The predicted octanol–water partition coefficient (Wildman–Crippen LogP) is 4.24. The third-order valence-corrected chi connectivity index (χ3v) is 6.08. The smallest absolute Gasteiger partial charge is 0.232 e. The third-order valence-electron chi connectivity index (χ3n) is 6.08. The molecule has 0 radical (unpaired) electrons. The predicted molar refractivity (Wildman–Crippen MR) is 143 cm³/mol. The maximum atomic E-state index is 6.10. The monoisotopic (exact) mass is 502 g/mol. The molecule has 0 saturated carbocycles. The van der Waals surface area contributed by atoms with Gasteiger partial charge in [0.1, 0.15) is 12.9 Å². The number of nitrogens with zero attached hydrogens (tertiary/aromatic N) is 4. The fraction of sp³-hybridized carbons (Fsp3) is 0.296. The van der Waals surface area contributed by atoms with Crippen LogP contribution in [0.2, 0.25) is 0 Å². The van der Waals surface area contributed by atoms with Crippen LogP contribution in [-0.4, -0.2) is 73.5 Å². The number of hydrogen-bond donors (Lipinski definition) is 2. The molecule has 0 spiro atoms. The molecule has 10 nitrogen and oxygen atoms in total. The van der Waals surface area contributed by atoms with Gasteiger partial charge in [-0.2, -0.15) is 4.98 Å². The number of anilines is 4. The summed E-state index contributed by atoms with van der Waals surface area (Å²) >= 11 is 0. The fourth-order valence-electron chi connectivity index (χ4n) is 4.22. The highest BCUT2D eigenvalue weighted by atomic mass is 16.5. The summed E-state index contributed by atoms with van der Waals surface area (Å²) in [6.45, 7) is 4.61. The quantitative estimate of drug-likeness (QED) is 0.327. The molecule has 3 aromatic carbocycles. The number of morpholine rings is 1. The van der Waals surface area contributed by atoms with E-state index in [0.717, 1.165) is 49.3 Å². The van der Waals surface area contributed by atoms with Crippen molar-refractivity contribution in [2.75, 3.05) is 64.3 Å². The van der Waals surface area contributed by atoms with Gasteiger partial charge in [0.05, 0.1) is 27.4 Å². The van der Waals surface area contributed by atoms with Gasteiger partial charge in [0.25, 0.3) is 0 Å². The van der Waals surface area contributed by atoms with Crippen molar-refractivity contribution >= 4 is 34.0 Å². The number of fused-ring (bicyclic) bond motifs is 1. The second-order valence-corrected chi connectivity index (χ2v) is 8.42. The number of benzene rings is 3. The summed E-state index contributed by atoms with van der Waals surface area (Å²) in [4.78, 5) is 15.4. The van der Waals surface area contributed by atoms with E-state index in [1.807, 2.05) is 36.4 Å². The van der Waals surface area contributed by atoms with Gasteiger partial charge in [0, 0.05) is 48.5 Å². The van der Waals surface area contributed by atoms with Crippen LogP contribution in [0.5, 0.6) is 17.2 Å². The first-order chi connectivity index (χ1) is 18.2. The zero-order chi connectivity index (χ0) is 25.5. The van der Waals surface area contributed by atoms with Crippen molar-refractivity contribution in [2.24, 2.45) is 0 Å². The maximum absolute atomic E-state index is 6.10. The minimum atomic E-state index is 0.379. The van der Waals surface area contributed by atoms with E-state index in [1.165, 1.54) is 6.33 Å². The maximum Gasteiger partial charge on any atom is 0.232 e. The summed E-state index contributed by atoms with van der Waals surface area (Å²) in [5.41, 5.74) is 1.61. The molecule has 1 aromatic heterocycles. The van der Waals surface area contributed by atoms with Crippen LogP contribution in [-0.2, 0) is 4.74 Å². The van der Waals surface area contributed by atoms with E-state index in [1.54, 1.807) is 14.2 Å². The van der Waals surface area contributed by atoms with Gasteiger partial charge in [-0.05, 0) is 11.5 Å². The Kier molecular flexibility index (Phi) is 7.78. The van der Waals surface area contributed by atoms with Gasteiger partial charge in [-0.1, -0.05) is 36.4 Å². The van der Waals surface area contributed by atoms with Gasteiger partial charge in [-0.15, -0.1) is 0 Å². The number of hydrogen-bond acceptors (Lipinski definition) is 10. The molecule has 1 aliphatic heterocycles. The van der Waals surface area contributed by atoms with E-state index in [9.17, 15) is 0 Å². The summed E-state index contributed by atoms with van der Waals surface area (Å²) < 4.78 is 22.6. The zero-order valence-corrected chi connectivity index (χ0v) is 20.9.